The van der Waals surface area contributed by atoms with E-state index in [1.807, 2.05) is 20.8 Å². The molecule has 1 saturated carbocycles. The Hall–Kier alpha value is -2.43. The summed E-state index contributed by atoms with van der Waals surface area (Å²) in [5, 5.41) is 11.8. The molecule has 4 amide bonds. The van der Waals surface area contributed by atoms with Gasteiger partial charge in [-0.05, 0) is 47.7 Å². The average molecular weight is 495 g/mol. The molecule has 2 heterocycles. The number of nitrogens with one attached hydrogen (secondary N) is 4. The molecule has 190 valence electrons. The van der Waals surface area contributed by atoms with Crippen LogP contribution in [0.4, 0.5) is 0 Å². The Labute approximate surface area is 206 Å². The van der Waals surface area contributed by atoms with Crippen LogP contribution in [-0.2, 0) is 19.2 Å². The topological polar surface area (TPSA) is 146 Å². The average Bonchev–Trinajstić information content (AvgIpc) is 3.10. The number of carbonyl (C=O) groups excluding carboxylic acids is 4. The molecule has 6 atom stereocenters. The number of nitrogens with zero attached hydrogens (tertiary/aromatic N) is 1. The fourth-order valence-electron chi connectivity index (χ4n) is 5.49. The van der Waals surface area contributed by atoms with Crippen molar-refractivity contribution in [2.45, 2.75) is 65.6 Å². The number of carbonyl (C=O) groups is 4. The highest BCUT2D eigenvalue weighted by atomic mass is 32.1. The van der Waals surface area contributed by atoms with Gasteiger partial charge < -0.3 is 31.9 Å². The molecular formula is C23H38N6O4S. The van der Waals surface area contributed by atoms with Crippen molar-refractivity contribution in [2.75, 3.05) is 20.1 Å². The van der Waals surface area contributed by atoms with E-state index in [2.05, 4.69) is 35.1 Å². The van der Waals surface area contributed by atoms with Crippen LogP contribution in [0, 0.1) is 28.6 Å². The van der Waals surface area contributed by atoms with Crippen molar-refractivity contribution in [2.24, 2.45) is 34.3 Å². The van der Waals surface area contributed by atoms with Gasteiger partial charge in [0.1, 0.15) is 18.1 Å². The zero-order chi connectivity index (χ0) is 25.6. The van der Waals surface area contributed by atoms with Gasteiger partial charge in [-0.3, -0.25) is 19.2 Å². The van der Waals surface area contributed by atoms with Crippen LogP contribution >= 0.6 is 12.2 Å². The summed E-state index contributed by atoms with van der Waals surface area (Å²) in [6, 6.07) is -2.34. The van der Waals surface area contributed by atoms with Gasteiger partial charge in [0.25, 0.3) is 0 Å². The van der Waals surface area contributed by atoms with Gasteiger partial charge >= 0.3 is 0 Å². The zero-order valence-electron chi connectivity index (χ0n) is 20.9. The molecule has 0 aromatic carbocycles. The molecule has 3 fully saturated rings. The van der Waals surface area contributed by atoms with E-state index < -0.39 is 35.4 Å². The quantitative estimate of drug-likeness (QED) is 0.299. The summed E-state index contributed by atoms with van der Waals surface area (Å²) in [6.07, 6.45) is 0.738. The summed E-state index contributed by atoms with van der Waals surface area (Å²) in [5.74, 6) is -1.64. The number of thiocarbonyl (C=S) groups is 1. The van der Waals surface area contributed by atoms with Crippen LogP contribution in [-0.4, -0.2) is 71.9 Å². The van der Waals surface area contributed by atoms with Crippen LogP contribution in [0.15, 0.2) is 0 Å². The number of piperidine rings is 1. The van der Waals surface area contributed by atoms with Crippen molar-refractivity contribution >= 4 is 41.0 Å². The maximum atomic E-state index is 13.7. The van der Waals surface area contributed by atoms with Crippen molar-refractivity contribution in [3.05, 3.63) is 0 Å². The van der Waals surface area contributed by atoms with Crippen LogP contribution in [0.5, 0.6) is 0 Å². The lowest BCUT2D eigenvalue weighted by Gasteiger charge is -2.38. The van der Waals surface area contributed by atoms with E-state index >= 15 is 0 Å². The maximum Gasteiger partial charge on any atom is 0.246 e. The minimum Gasteiger partial charge on any atom is -0.368 e. The van der Waals surface area contributed by atoms with E-state index in [1.165, 1.54) is 0 Å². The molecule has 0 spiro atoms. The van der Waals surface area contributed by atoms with Gasteiger partial charge in [-0.2, -0.15) is 0 Å². The second-order valence-electron chi connectivity index (χ2n) is 11.4. The fraction of sp³-hybridized carbons (Fsp3) is 0.783. The number of nitrogens with two attached hydrogens (primary N) is 1. The zero-order valence-corrected chi connectivity index (χ0v) is 21.7. The van der Waals surface area contributed by atoms with Gasteiger partial charge in [0.2, 0.25) is 23.6 Å². The summed E-state index contributed by atoms with van der Waals surface area (Å²) < 4.78 is 0. The molecule has 3 rings (SSSR count). The molecule has 0 aromatic rings. The molecule has 34 heavy (non-hydrogen) atoms. The molecule has 0 bridgehead atoms. The molecule has 0 aromatic heterocycles. The third-order valence-corrected chi connectivity index (χ3v) is 8.04. The lowest BCUT2D eigenvalue weighted by atomic mass is 9.85. The smallest absolute Gasteiger partial charge is 0.246 e. The third kappa shape index (κ3) is 4.99. The van der Waals surface area contributed by atoms with E-state index in [0.717, 1.165) is 0 Å². The predicted molar refractivity (Wildman–Crippen MR) is 131 cm³/mol. The van der Waals surface area contributed by atoms with E-state index in [-0.39, 0.29) is 41.4 Å². The highest BCUT2D eigenvalue weighted by molar-refractivity contribution is 7.80. The lowest BCUT2D eigenvalue weighted by Crippen LogP contribution is -2.61. The fourth-order valence-corrected chi connectivity index (χ4v) is 5.61. The standard InChI is InChI=1S/C23H38N6O4S/c1-22(2,3)16(28-21(34)25-6)20(33)29-10-12-14(23(12,4)5)15(29)19(32)27-13(17(24)30)9-11-7-8-26-18(11)31/h11-16H,7-10H2,1-6H3,(H2,24,30)(H,26,31)(H,27,32)(H2,25,28,34)/t11?,12-,13?,14-,15-,16?/m0/s1. The molecule has 0 radical (unpaired) electrons. The maximum absolute atomic E-state index is 13.7. The largest absolute Gasteiger partial charge is 0.368 e. The van der Waals surface area contributed by atoms with Crippen LogP contribution in [0.2, 0.25) is 0 Å². The van der Waals surface area contributed by atoms with E-state index in [1.54, 1.807) is 11.9 Å². The Morgan fingerprint density at radius 3 is 2.41 bits per heavy atom. The van der Waals surface area contributed by atoms with Gasteiger partial charge in [-0.1, -0.05) is 34.6 Å². The summed E-state index contributed by atoms with van der Waals surface area (Å²) in [6.45, 7) is 11.0. The third-order valence-electron chi connectivity index (χ3n) is 7.72. The van der Waals surface area contributed by atoms with Gasteiger partial charge in [0.05, 0.1) is 0 Å². The molecule has 6 N–H and O–H groups in total. The van der Waals surface area contributed by atoms with Crippen LogP contribution in [0.3, 0.4) is 0 Å². The van der Waals surface area contributed by atoms with E-state index in [4.69, 9.17) is 18.0 Å². The van der Waals surface area contributed by atoms with Crippen LogP contribution < -0.4 is 27.0 Å². The summed E-state index contributed by atoms with van der Waals surface area (Å²) in [7, 11) is 1.68. The Balaban J connectivity index is 1.82. The first-order valence-corrected chi connectivity index (χ1v) is 12.3. The Morgan fingerprint density at radius 1 is 1.26 bits per heavy atom. The van der Waals surface area contributed by atoms with Crippen molar-refractivity contribution in [3.63, 3.8) is 0 Å². The second-order valence-corrected chi connectivity index (χ2v) is 11.8. The number of likely N-dealkylation sites (tertiary alicyclic amines) is 1. The summed E-state index contributed by atoms with van der Waals surface area (Å²) in [4.78, 5) is 53.0. The SMILES string of the molecule is CNC(=S)NC(C(=O)N1C[C@H]2[C@@H]([C@H]1C(=O)NC(CC1CCNC1=O)C(N)=O)C2(C)C)C(C)(C)C. The van der Waals surface area contributed by atoms with Gasteiger partial charge in [-0.25, -0.2) is 0 Å². The predicted octanol–water partition coefficient (Wildman–Crippen LogP) is -0.526. The Bertz CT molecular complexity index is 885. The second kappa shape index (κ2) is 9.31. The van der Waals surface area contributed by atoms with Crippen LogP contribution in [0.1, 0.15) is 47.5 Å². The van der Waals surface area contributed by atoms with Crippen molar-refractivity contribution in [3.8, 4) is 0 Å². The number of primary amides is 1. The highest BCUT2D eigenvalue weighted by Crippen LogP contribution is 2.65. The monoisotopic (exact) mass is 494 g/mol. The first-order valence-electron chi connectivity index (χ1n) is 11.9. The van der Waals surface area contributed by atoms with Crippen molar-refractivity contribution in [1.29, 1.82) is 0 Å². The van der Waals surface area contributed by atoms with Crippen LogP contribution in [0.25, 0.3) is 0 Å². The summed E-state index contributed by atoms with van der Waals surface area (Å²) in [5.41, 5.74) is 5.03. The number of amides is 4. The molecule has 1 aliphatic carbocycles. The first-order chi connectivity index (χ1) is 15.7. The normalized spacial score (nSPS) is 28.9. The lowest BCUT2D eigenvalue weighted by molar-refractivity contribution is -0.144. The van der Waals surface area contributed by atoms with Crippen molar-refractivity contribution in [1.82, 2.24) is 26.2 Å². The van der Waals surface area contributed by atoms with Crippen molar-refractivity contribution < 1.29 is 19.2 Å². The minimum absolute atomic E-state index is 0.0170. The molecule has 3 aliphatic rings. The Morgan fingerprint density at radius 2 is 1.91 bits per heavy atom. The molecule has 2 aliphatic heterocycles. The molecule has 10 nitrogen and oxygen atoms in total. The number of hydrogen-bond acceptors (Lipinski definition) is 5. The van der Waals surface area contributed by atoms with Gasteiger partial charge in [0, 0.05) is 26.1 Å². The van der Waals surface area contributed by atoms with E-state index in [0.29, 0.717) is 24.6 Å². The minimum atomic E-state index is -0.979. The Kier molecular flexibility index (Phi) is 7.17. The van der Waals surface area contributed by atoms with E-state index in [9.17, 15) is 19.2 Å². The number of fused-ring (bicyclic) bond motifs is 1. The molecule has 2 saturated heterocycles. The molecular weight excluding hydrogens is 456 g/mol. The molecule has 11 heteroatoms. The van der Waals surface area contributed by atoms with Gasteiger partial charge in [-0.15, -0.1) is 0 Å². The summed E-state index contributed by atoms with van der Waals surface area (Å²) >= 11 is 5.25. The number of hydrogen-bond donors (Lipinski definition) is 5. The first kappa shape index (κ1) is 26.2. The number of rotatable bonds is 7. The highest BCUT2D eigenvalue weighted by Gasteiger charge is 2.69. The van der Waals surface area contributed by atoms with Gasteiger partial charge in [0.15, 0.2) is 5.11 Å². The molecule has 3 unspecified atom stereocenters.